The zero-order valence-corrected chi connectivity index (χ0v) is 18.2. The lowest BCUT2D eigenvalue weighted by Crippen LogP contribution is -2.58. The summed E-state index contributed by atoms with van der Waals surface area (Å²) in [6, 6.07) is 2.97. The van der Waals surface area contributed by atoms with Gasteiger partial charge in [-0.25, -0.2) is 4.79 Å². The first kappa shape index (κ1) is 25.6. The van der Waals surface area contributed by atoms with Crippen LogP contribution in [-0.4, -0.2) is 82.5 Å². The fourth-order valence-electron chi connectivity index (χ4n) is 3.38. The summed E-state index contributed by atoms with van der Waals surface area (Å²) in [6.07, 6.45) is 0.905. The van der Waals surface area contributed by atoms with Crippen LogP contribution in [0, 0.1) is 0 Å². The van der Waals surface area contributed by atoms with Gasteiger partial charge in [0.05, 0.1) is 13.1 Å². The average molecular weight is 463 g/mol. The van der Waals surface area contributed by atoms with Gasteiger partial charge in [0.25, 0.3) is 0 Å². The Bertz CT molecular complexity index is 889. The van der Waals surface area contributed by atoms with Crippen molar-refractivity contribution in [2.24, 2.45) is 5.73 Å². The van der Waals surface area contributed by atoms with Gasteiger partial charge in [0.15, 0.2) is 0 Å². The van der Waals surface area contributed by atoms with Gasteiger partial charge in [-0.05, 0) is 37.5 Å². The second kappa shape index (κ2) is 11.8. The lowest BCUT2D eigenvalue weighted by Gasteiger charge is -2.33. The number of aliphatic carboxylic acids is 1. The number of aromatic hydroxyl groups is 1. The van der Waals surface area contributed by atoms with Crippen LogP contribution in [0.25, 0.3) is 0 Å². The van der Waals surface area contributed by atoms with Crippen molar-refractivity contribution in [2.75, 3.05) is 19.6 Å². The zero-order valence-electron chi connectivity index (χ0n) is 18.2. The number of rotatable bonds is 10. The van der Waals surface area contributed by atoms with Crippen molar-refractivity contribution in [3.63, 3.8) is 0 Å². The van der Waals surface area contributed by atoms with E-state index in [9.17, 15) is 34.2 Å². The predicted octanol–water partition coefficient (Wildman–Crippen LogP) is -1.93. The molecule has 4 amide bonds. The molecule has 12 nitrogen and oxygen atoms in total. The number of nitrogens with two attached hydrogens (primary N) is 1. The van der Waals surface area contributed by atoms with Crippen LogP contribution < -0.4 is 21.7 Å². The Morgan fingerprint density at radius 2 is 1.82 bits per heavy atom. The lowest BCUT2D eigenvalue weighted by atomic mass is 10.0. The first-order valence-electron chi connectivity index (χ1n) is 10.5. The van der Waals surface area contributed by atoms with Crippen LogP contribution >= 0.6 is 0 Å². The molecule has 1 saturated heterocycles. The van der Waals surface area contributed by atoms with E-state index in [2.05, 4.69) is 16.0 Å². The van der Waals surface area contributed by atoms with Gasteiger partial charge >= 0.3 is 5.97 Å². The molecule has 0 aromatic heterocycles. The fraction of sp³-hybridized carbons (Fsp3) is 0.476. The summed E-state index contributed by atoms with van der Waals surface area (Å²) in [5, 5.41) is 26.1. The van der Waals surface area contributed by atoms with Gasteiger partial charge in [0, 0.05) is 13.0 Å². The third-order valence-corrected chi connectivity index (χ3v) is 5.15. The van der Waals surface area contributed by atoms with Gasteiger partial charge in [0.1, 0.15) is 23.9 Å². The van der Waals surface area contributed by atoms with E-state index in [1.54, 1.807) is 12.1 Å². The number of carboxylic acids is 1. The molecule has 1 aliphatic rings. The molecule has 0 aliphatic carbocycles. The molecule has 2 rings (SSSR count). The molecular weight excluding hydrogens is 434 g/mol. The summed E-state index contributed by atoms with van der Waals surface area (Å²) < 4.78 is 0. The molecule has 3 unspecified atom stereocenters. The van der Waals surface area contributed by atoms with Gasteiger partial charge in [-0.15, -0.1) is 0 Å². The van der Waals surface area contributed by atoms with Crippen molar-refractivity contribution in [1.82, 2.24) is 20.9 Å². The molecule has 7 N–H and O–H groups in total. The average Bonchev–Trinajstić information content (AvgIpc) is 2.77. The summed E-state index contributed by atoms with van der Waals surface area (Å²) in [7, 11) is 0. The number of carboxylic acid groups (broad SMARTS) is 1. The standard InChI is InChI=1S/C21H29N5O7/c1-12(23-17(28)10-22)19(30)25-15-3-2-8-26(20(15)31)11-18(29)24-16(21(32)33)9-13-4-6-14(27)7-5-13/h4-7,12,15-16,27H,2-3,8-11,22H2,1H3,(H,23,28)(H,24,29)(H,25,30)(H,32,33). The highest BCUT2D eigenvalue weighted by Gasteiger charge is 2.32. The molecule has 1 fully saturated rings. The molecule has 1 heterocycles. The summed E-state index contributed by atoms with van der Waals surface area (Å²) in [5.41, 5.74) is 5.81. The number of phenolic OH excluding ortho intramolecular Hbond substituents is 1. The molecule has 3 atom stereocenters. The number of nitrogens with one attached hydrogen (secondary N) is 3. The monoisotopic (exact) mass is 463 g/mol. The van der Waals surface area contributed by atoms with E-state index in [0.29, 0.717) is 18.4 Å². The van der Waals surface area contributed by atoms with Crippen molar-refractivity contribution in [1.29, 1.82) is 0 Å². The van der Waals surface area contributed by atoms with E-state index in [1.165, 1.54) is 24.0 Å². The first-order valence-corrected chi connectivity index (χ1v) is 10.5. The molecule has 0 saturated carbocycles. The molecule has 0 spiro atoms. The Kier molecular flexibility index (Phi) is 9.16. The Balaban J connectivity index is 1.92. The molecule has 0 bridgehead atoms. The van der Waals surface area contributed by atoms with E-state index in [1.807, 2.05) is 0 Å². The number of hydrogen-bond acceptors (Lipinski definition) is 7. The Morgan fingerprint density at radius 3 is 2.42 bits per heavy atom. The maximum atomic E-state index is 12.7. The molecule has 1 aliphatic heterocycles. The van der Waals surface area contributed by atoms with Crippen LogP contribution in [0.3, 0.4) is 0 Å². The van der Waals surface area contributed by atoms with E-state index in [-0.39, 0.29) is 31.8 Å². The van der Waals surface area contributed by atoms with Crippen molar-refractivity contribution in [2.45, 2.75) is 44.3 Å². The minimum atomic E-state index is -1.24. The van der Waals surface area contributed by atoms with Crippen molar-refractivity contribution < 1.29 is 34.2 Å². The highest BCUT2D eigenvalue weighted by molar-refractivity contribution is 5.94. The normalized spacial score (nSPS) is 17.6. The van der Waals surface area contributed by atoms with Crippen LogP contribution in [0.5, 0.6) is 5.75 Å². The summed E-state index contributed by atoms with van der Waals surface area (Å²) in [5.74, 6) is -3.37. The van der Waals surface area contributed by atoms with Crippen LogP contribution in [0.1, 0.15) is 25.3 Å². The van der Waals surface area contributed by atoms with Gasteiger partial charge in [-0.1, -0.05) is 12.1 Å². The topological polar surface area (TPSA) is 191 Å². The number of piperidine rings is 1. The molecule has 0 radical (unpaired) electrons. The summed E-state index contributed by atoms with van der Waals surface area (Å²) in [4.78, 5) is 61.6. The van der Waals surface area contributed by atoms with Crippen molar-refractivity contribution in [3.05, 3.63) is 29.8 Å². The SMILES string of the molecule is CC(NC(=O)CN)C(=O)NC1CCCN(CC(=O)NC(Cc2ccc(O)cc2)C(=O)O)C1=O. The highest BCUT2D eigenvalue weighted by atomic mass is 16.4. The molecular formula is C21H29N5O7. The number of amides is 4. The second-order valence-electron chi connectivity index (χ2n) is 7.79. The molecule has 1 aromatic carbocycles. The van der Waals surface area contributed by atoms with Crippen molar-refractivity contribution >= 4 is 29.6 Å². The van der Waals surface area contributed by atoms with Gasteiger partial charge in [-0.2, -0.15) is 0 Å². The summed E-state index contributed by atoms with van der Waals surface area (Å²) in [6.45, 7) is 1.12. The zero-order chi connectivity index (χ0) is 24.5. The van der Waals surface area contributed by atoms with Gasteiger partial charge in [-0.3, -0.25) is 19.2 Å². The Labute approximate surface area is 190 Å². The van der Waals surface area contributed by atoms with E-state index in [4.69, 9.17) is 5.73 Å². The third kappa shape index (κ3) is 7.75. The minimum Gasteiger partial charge on any atom is -0.508 e. The number of phenols is 1. The lowest BCUT2D eigenvalue weighted by molar-refractivity contribution is -0.144. The van der Waals surface area contributed by atoms with Crippen LogP contribution in [0.15, 0.2) is 24.3 Å². The van der Waals surface area contributed by atoms with E-state index in [0.717, 1.165) is 0 Å². The molecule has 33 heavy (non-hydrogen) atoms. The first-order chi connectivity index (χ1) is 15.6. The highest BCUT2D eigenvalue weighted by Crippen LogP contribution is 2.13. The van der Waals surface area contributed by atoms with Crippen LogP contribution in [-0.2, 0) is 30.4 Å². The van der Waals surface area contributed by atoms with E-state index < -0.39 is 47.7 Å². The number of nitrogens with zero attached hydrogens (tertiary/aromatic N) is 1. The molecule has 12 heteroatoms. The number of hydrogen-bond donors (Lipinski definition) is 6. The molecule has 180 valence electrons. The second-order valence-corrected chi connectivity index (χ2v) is 7.79. The minimum absolute atomic E-state index is 0.000388. The predicted molar refractivity (Wildman–Crippen MR) is 116 cm³/mol. The maximum Gasteiger partial charge on any atom is 0.326 e. The number of likely N-dealkylation sites (tertiary alicyclic amines) is 1. The molecule has 1 aromatic rings. The third-order valence-electron chi connectivity index (χ3n) is 5.15. The summed E-state index contributed by atoms with van der Waals surface area (Å²) >= 11 is 0. The Morgan fingerprint density at radius 1 is 1.15 bits per heavy atom. The van der Waals surface area contributed by atoms with Crippen LogP contribution in [0.2, 0.25) is 0 Å². The van der Waals surface area contributed by atoms with Gasteiger partial charge in [0.2, 0.25) is 23.6 Å². The largest absolute Gasteiger partial charge is 0.508 e. The fourth-order valence-corrected chi connectivity index (χ4v) is 3.38. The van der Waals surface area contributed by atoms with Crippen molar-refractivity contribution in [3.8, 4) is 5.75 Å². The van der Waals surface area contributed by atoms with E-state index >= 15 is 0 Å². The number of carbonyl (C=O) groups is 5. The Hall–Kier alpha value is -3.67. The smallest absolute Gasteiger partial charge is 0.326 e. The maximum absolute atomic E-state index is 12.7. The number of carbonyl (C=O) groups excluding carboxylic acids is 4. The van der Waals surface area contributed by atoms with Gasteiger partial charge < -0.3 is 36.8 Å². The quantitative estimate of drug-likeness (QED) is 0.231. The number of benzene rings is 1. The van der Waals surface area contributed by atoms with Crippen LogP contribution in [0.4, 0.5) is 0 Å².